The van der Waals surface area contributed by atoms with Gasteiger partial charge in [0, 0.05) is 34.3 Å². The Morgan fingerprint density at radius 1 is 0.718 bits per heavy atom. The van der Waals surface area contributed by atoms with Crippen LogP contribution in [0.15, 0.2) is 95.4 Å². The van der Waals surface area contributed by atoms with Gasteiger partial charge in [0.05, 0.1) is 12.4 Å². The molecule has 5 N–H and O–H groups in total. The predicted molar refractivity (Wildman–Crippen MR) is 151 cm³/mol. The van der Waals surface area contributed by atoms with Crippen LogP contribution >= 0.6 is 0 Å². The number of hydrazone groups is 2. The molecule has 3 aromatic carbocycles. The molecule has 0 atom stereocenters. The lowest BCUT2D eigenvalue weighted by Crippen LogP contribution is -2.24. The molecular formula is C29H23N7O3. The van der Waals surface area contributed by atoms with Crippen molar-refractivity contribution in [1.82, 2.24) is 25.8 Å². The SMILES string of the molecule is O=C(COc1ccc2[nH]c(C(=O)N/N=C/c3ccc4[nH]ccc4c3)cc2c1)N/N=C/c1ccc2cc[nH]c2c1. The van der Waals surface area contributed by atoms with Gasteiger partial charge in [0.2, 0.25) is 0 Å². The van der Waals surface area contributed by atoms with Gasteiger partial charge in [0.1, 0.15) is 11.4 Å². The summed E-state index contributed by atoms with van der Waals surface area (Å²) in [6, 6.07) is 22.6. The van der Waals surface area contributed by atoms with Crippen LogP contribution in [0.3, 0.4) is 0 Å². The summed E-state index contributed by atoms with van der Waals surface area (Å²) in [7, 11) is 0. The average Bonchev–Trinajstić information content (AvgIpc) is 3.70. The van der Waals surface area contributed by atoms with E-state index in [1.165, 1.54) is 0 Å². The summed E-state index contributed by atoms with van der Waals surface area (Å²) in [6.07, 6.45) is 6.90. The number of nitrogens with one attached hydrogen (secondary N) is 5. The molecule has 2 amide bonds. The van der Waals surface area contributed by atoms with Crippen LogP contribution in [0.4, 0.5) is 0 Å². The van der Waals surface area contributed by atoms with Crippen molar-refractivity contribution in [3.63, 3.8) is 0 Å². The molecule has 0 saturated heterocycles. The minimum atomic E-state index is -0.394. The van der Waals surface area contributed by atoms with Crippen LogP contribution in [0.5, 0.6) is 5.75 Å². The van der Waals surface area contributed by atoms with Crippen LogP contribution in [0.25, 0.3) is 32.7 Å². The highest BCUT2D eigenvalue weighted by molar-refractivity contribution is 5.99. The number of rotatable bonds is 8. The monoisotopic (exact) mass is 517 g/mol. The normalized spacial score (nSPS) is 11.7. The van der Waals surface area contributed by atoms with Gasteiger partial charge in [-0.3, -0.25) is 9.59 Å². The molecule has 0 aliphatic heterocycles. The van der Waals surface area contributed by atoms with E-state index in [1.54, 1.807) is 36.7 Å². The first-order valence-corrected chi connectivity index (χ1v) is 12.2. The van der Waals surface area contributed by atoms with E-state index in [4.69, 9.17) is 4.74 Å². The maximum atomic E-state index is 12.6. The summed E-state index contributed by atoms with van der Waals surface area (Å²) in [5.74, 6) is -0.279. The van der Waals surface area contributed by atoms with Crippen molar-refractivity contribution in [2.24, 2.45) is 10.2 Å². The van der Waals surface area contributed by atoms with Gasteiger partial charge in [-0.1, -0.05) is 18.2 Å². The Balaban J connectivity index is 1.02. The Morgan fingerprint density at radius 3 is 2.36 bits per heavy atom. The van der Waals surface area contributed by atoms with Crippen LogP contribution in [-0.2, 0) is 4.79 Å². The maximum Gasteiger partial charge on any atom is 0.287 e. The number of nitrogens with zero attached hydrogens (tertiary/aromatic N) is 2. The predicted octanol–water partition coefficient (Wildman–Crippen LogP) is 4.42. The molecule has 192 valence electrons. The number of benzene rings is 3. The molecule has 0 saturated carbocycles. The smallest absolute Gasteiger partial charge is 0.287 e. The first-order valence-electron chi connectivity index (χ1n) is 12.2. The van der Waals surface area contributed by atoms with Crippen molar-refractivity contribution in [3.8, 4) is 5.75 Å². The zero-order chi connectivity index (χ0) is 26.6. The first kappa shape index (κ1) is 23.7. The van der Waals surface area contributed by atoms with Gasteiger partial charge in [-0.15, -0.1) is 0 Å². The fourth-order valence-electron chi connectivity index (χ4n) is 4.21. The van der Waals surface area contributed by atoms with E-state index in [0.717, 1.165) is 43.8 Å². The summed E-state index contributed by atoms with van der Waals surface area (Å²) in [4.78, 5) is 34.1. The molecular weight excluding hydrogens is 494 g/mol. The molecule has 3 heterocycles. The Morgan fingerprint density at radius 2 is 1.46 bits per heavy atom. The zero-order valence-corrected chi connectivity index (χ0v) is 20.6. The zero-order valence-electron chi connectivity index (χ0n) is 20.6. The number of aromatic amines is 3. The maximum absolute atomic E-state index is 12.6. The lowest BCUT2D eigenvalue weighted by atomic mass is 10.2. The number of carbonyl (C=O) groups is 2. The van der Waals surface area contributed by atoms with Gasteiger partial charge < -0.3 is 19.7 Å². The molecule has 3 aromatic heterocycles. The molecule has 6 rings (SSSR count). The second-order valence-electron chi connectivity index (χ2n) is 8.86. The number of ether oxygens (including phenoxy) is 1. The quantitative estimate of drug-likeness (QED) is 0.151. The molecule has 0 unspecified atom stereocenters. The Bertz CT molecular complexity index is 1880. The van der Waals surface area contributed by atoms with Crippen molar-refractivity contribution in [2.45, 2.75) is 0 Å². The van der Waals surface area contributed by atoms with Crippen molar-refractivity contribution in [3.05, 3.63) is 102 Å². The first-order chi connectivity index (χ1) is 19.1. The Kier molecular flexibility index (Phi) is 6.32. The molecule has 0 aliphatic rings. The highest BCUT2D eigenvalue weighted by Crippen LogP contribution is 2.22. The van der Waals surface area contributed by atoms with Gasteiger partial charge in [-0.25, -0.2) is 10.9 Å². The molecule has 0 spiro atoms. The molecule has 0 fully saturated rings. The van der Waals surface area contributed by atoms with Gasteiger partial charge in [-0.2, -0.15) is 10.2 Å². The number of carbonyl (C=O) groups excluding carboxylic acids is 2. The van der Waals surface area contributed by atoms with E-state index in [0.29, 0.717) is 11.4 Å². The third-order valence-corrected chi connectivity index (χ3v) is 6.15. The molecule has 6 aromatic rings. The Hall–Kier alpha value is -5.64. The van der Waals surface area contributed by atoms with E-state index in [2.05, 4.69) is 36.0 Å². The summed E-state index contributed by atoms with van der Waals surface area (Å²) in [5, 5.41) is 11.0. The number of hydrogen-bond acceptors (Lipinski definition) is 5. The Labute approximate surface area is 221 Å². The second kappa shape index (κ2) is 10.4. The largest absolute Gasteiger partial charge is 0.484 e. The van der Waals surface area contributed by atoms with Gasteiger partial charge in [0.15, 0.2) is 6.61 Å². The van der Waals surface area contributed by atoms with Gasteiger partial charge in [-0.05, 0) is 76.5 Å². The molecule has 0 radical (unpaired) electrons. The number of aromatic nitrogens is 3. The van der Waals surface area contributed by atoms with Crippen LogP contribution in [-0.4, -0.2) is 45.8 Å². The minimum absolute atomic E-state index is 0.209. The van der Waals surface area contributed by atoms with E-state index < -0.39 is 5.91 Å². The van der Waals surface area contributed by atoms with Crippen LogP contribution < -0.4 is 15.6 Å². The topological polar surface area (TPSA) is 140 Å². The van der Waals surface area contributed by atoms with Crippen LogP contribution in [0, 0.1) is 0 Å². The molecule has 10 nitrogen and oxygen atoms in total. The van der Waals surface area contributed by atoms with Gasteiger partial charge in [0.25, 0.3) is 11.8 Å². The van der Waals surface area contributed by atoms with Crippen molar-refractivity contribution >= 4 is 57.0 Å². The standard InChI is InChI=1S/C29H23N7O3/c37-28(35-32-16-19-1-3-20-7-9-31-26(20)12-19)17-39-23-4-6-25-22(13-23)14-27(34-25)29(38)36-33-15-18-2-5-24-21(11-18)8-10-30-24/h1-16,30-31,34H,17H2,(H,35,37)(H,36,38)/b32-16+,33-15+. The van der Waals surface area contributed by atoms with Crippen LogP contribution in [0.1, 0.15) is 21.6 Å². The van der Waals surface area contributed by atoms with Crippen molar-refractivity contribution < 1.29 is 14.3 Å². The number of H-pyrrole nitrogens is 3. The molecule has 0 aliphatic carbocycles. The molecule has 39 heavy (non-hydrogen) atoms. The minimum Gasteiger partial charge on any atom is -0.484 e. The van der Waals surface area contributed by atoms with Crippen molar-refractivity contribution in [2.75, 3.05) is 6.61 Å². The summed E-state index contributed by atoms with van der Waals surface area (Å²) in [5.41, 5.74) is 9.85. The van der Waals surface area contributed by atoms with Crippen LogP contribution in [0.2, 0.25) is 0 Å². The fourth-order valence-corrected chi connectivity index (χ4v) is 4.21. The lowest BCUT2D eigenvalue weighted by molar-refractivity contribution is -0.123. The molecule has 0 bridgehead atoms. The lowest BCUT2D eigenvalue weighted by Gasteiger charge is -2.05. The third kappa shape index (κ3) is 5.39. The van der Waals surface area contributed by atoms with Gasteiger partial charge >= 0.3 is 0 Å². The van der Waals surface area contributed by atoms with E-state index >= 15 is 0 Å². The number of hydrogen-bond donors (Lipinski definition) is 5. The van der Waals surface area contributed by atoms with E-state index in [9.17, 15) is 9.59 Å². The van der Waals surface area contributed by atoms with E-state index in [1.807, 2.05) is 60.9 Å². The average molecular weight is 518 g/mol. The second-order valence-corrected chi connectivity index (χ2v) is 8.86. The number of fused-ring (bicyclic) bond motifs is 3. The third-order valence-electron chi connectivity index (χ3n) is 6.15. The van der Waals surface area contributed by atoms with E-state index in [-0.39, 0.29) is 12.5 Å². The highest BCUT2D eigenvalue weighted by atomic mass is 16.5. The highest BCUT2D eigenvalue weighted by Gasteiger charge is 2.10. The summed E-state index contributed by atoms with van der Waals surface area (Å²) in [6.45, 7) is -0.209. The van der Waals surface area contributed by atoms with Crippen molar-refractivity contribution in [1.29, 1.82) is 0 Å². The molecule has 10 heteroatoms. The summed E-state index contributed by atoms with van der Waals surface area (Å²) < 4.78 is 5.60. The summed E-state index contributed by atoms with van der Waals surface area (Å²) >= 11 is 0. The number of amides is 2. The fraction of sp³-hybridized carbons (Fsp3) is 0.0345.